The van der Waals surface area contributed by atoms with E-state index in [0.717, 1.165) is 11.2 Å². The van der Waals surface area contributed by atoms with Crippen LogP contribution in [0.25, 0.3) is 4.96 Å². The third-order valence-electron chi connectivity index (χ3n) is 2.90. The molecule has 0 radical (unpaired) electrons. The molecule has 0 aliphatic carbocycles. The van der Waals surface area contributed by atoms with Crippen LogP contribution in [0.1, 0.15) is 10.5 Å². The molecule has 18 heavy (non-hydrogen) atoms. The topological polar surface area (TPSA) is 70.6 Å². The van der Waals surface area contributed by atoms with Crippen LogP contribution < -0.4 is 4.90 Å². The summed E-state index contributed by atoms with van der Waals surface area (Å²) in [6.45, 7) is 1.56. The van der Waals surface area contributed by atoms with Gasteiger partial charge in [-0.25, -0.2) is 4.98 Å². The Kier molecular flexibility index (Phi) is 2.74. The molecule has 1 aliphatic heterocycles. The van der Waals surface area contributed by atoms with Crippen LogP contribution in [0.2, 0.25) is 0 Å². The highest BCUT2D eigenvalue weighted by Crippen LogP contribution is 2.24. The molecule has 3 heterocycles. The molecule has 0 bridgehead atoms. The second-order valence-electron chi connectivity index (χ2n) is 3.93. The van der Waals surface area contributed by atoms with Crippen molar-refractivity contribution >= 4 is 28.4 Å². The minimum absolute atomic E-state index is 0.447. The van der Waals surface area contributed by atoms with Gasteiger partial charge in [-0.3, -0.25) is 9.20 Å². The number of aromatic nitrogens is 2. The minimum atomic E-state index is -0.460. The van der Waals surface area contributed by atoms with Crippen molar-refractivity contribution in [3.05, 3.63) is 17.3 Å². The number of nitrogens with zero attached hydrogens (tertiary/aromatic N) is 4. The number of thiazole rings is 1. The number of carbonyl (C=O) groups is 1. The molecule has 0 amide bonds. The zero-order valence-electron chi connectivity index (χ0n) is 9.44. The van der Waals surface area contributed by atoms with Gasteiger partial charge in [0, 0.05) is 18.1 Å². The van der Waals surface area contributed by atoms with Crippen LogP contribution in [-0.4, -0.2) is 41.5 Å². The highest BCUT2D eigenvalue weighted by Gasteiger charge is 2.25. The lowest BCUT2D eigenvalue weighted by Gasteiger charge is -2.30. The lowest BCUT2D eigenvalue weighted by atomic mass is 10.3. The molecule has 1 saturated heterocycles. The Morgan fingerprint density at radius 1 is 1.67 bits per heavy atom. The minimum Gasteiger partial charge on any atom is -0.360 e. The summed E-state index contributed by atoms with van der Waals surface area (Å²) in [4.78, 5) is 18.4. The van der Waals surface area contributed by atoms with E-state index >= 15 is 0 Å². The van der Waals surface area contributed by atoms with E-state index in [4.69, 9.17) is 10.00 Å². The highest BCUT2D eigenvalue weighted by atomic mass is 32.1. The molecular formula is C11H10N4O2S. The summed E-state index contributed by atoms with van der Waals surface area (Å²) in [5, 5.41) is 10.8. The highest BCUT2D eigenvalue weighted by molar-refractivity contribution is 7.15. The average molecular weight is 262 g/mol. The van der Waals surface area contributed by atoms with Crippen molar-refractivity contribution in [3.63, 3.8) is 0 Å². The molecule has 0 aromatic carbocycles. The van der Waals surface area contributed by atoms with Crippen LogP contribution in [0.15, 0.2) is 11.6 Å². The summed E-state index contributed by atoms with van der Waals surface area (Å²) < 4.78 is 7.05. The van der Waals surface area contributed by atoms with Crippen molar-refractivity contribution in [2.75, 3.05) is 24.6 Å². The molecular weight excluding hydrogens is 252 g/mol. The Bertz CT molecular complexity index is 627. The van der Waals surface area contributed by atoms with E-state index in [1.807, 2.05) is 16.5 Å². The smallest absolute Gasteiger partial charge is 0.196 e. The van der Waals surface area contributed by atoms with E-state index in [-0.39, 0.29) is 0 Å². The standard InChI is InChI=1S/C11H10N4O2S/c12-5-8-6-14(1-3-17-8)10-9(7-16)15-2-4-18-11(15)13-10/h2,4,7-8H,1,3,6H2. The maximum absolute atomic E-state index is 11.2. The summed E-state index contributed by atoms with van der Waals surface area (Å²) in [5.74, 6) is 0.639. The predicted octanol–water partition coefficient (Wildman–Crippen LogP) is 0.937. The van der Waals surface area contributed by atoms with Gasteiger partial charge in [0.25, 0.3) is 0 Å². The fourth-order valence-corrected chi connectivity index (χ4v) is 2.77. The lowest BCUT2D eigenvalue weighted by molar-refractivity contribution is 0.0760. The fourth-order valence-electron chi connectivity index (χ4n) is 2.05. The number of fused-ring (bicyclic) bond motifs is 1. The van der Waals surface area contributed by atoms with Gasteiger partial charge < -0.3 is 9.64 Å². The molecule has 3 rings (SSSR count). The van der Waals surface area contributed by atoms with E-state index in [0.29, 0.717) is 31.2 Å². The summed E-state index contributed by atoms with van der Waals surface area (Å²) in [7, 11) is 0. The zero-order valence-corrected chi connectivity index (χ0v) is 10.3. The number of ether oxygens (including phenoxy) is 1. The van der Waals surface area contributed by atoms with E-state index in [1.165, 1.54) is 11.3 Å². The molecule has 1 atom stereocenters. The van der Waals surface area contributed by atoms with Crippen molar-refractivity contribution in [2.45, 2.75) is 6.10 Å². The Hall–Kier alpha value is -1.91. The summed E-state index contributed by atoms with van der Waals surface area (Å²) >= 11 is 1.48. The quantitative estimate of drug-likeness (QED) is 0.753. The third kappa shape index (κ3) is 1.66. The van der Waals surface area contributed by atoms with Crippen molar-refractivity contribution in [3.8, 4) is 6.07 Å². The lowest BCUT2D eigenvalue weighted by Crippen LogP contribution is -2.42. The number of anilines is 1. The number of imidazole rings is 1. The Balaban J connectivity index is 2.00. The molecule has 2 aromatic heterocycles. The first-order valence-corrected chi connectivity index (χ1v) is 6.38. The molecule has 2 aromatic rings. The van der Waals surface area contributed by atoms with Crippen molar-refractivity contribution in [1.29, 1.82) is 5.26 Å². The largest absolute Gasteiger partial charge is 0.360 e. The van der Waals surface area contributed by atoms with Crippen LogP contribution in [0, 0.1) is 11.3 Å². The molecule has 92 valence electrons. The van der Waals surface area contributed by atoms with E-state index in [9.17, 15) is 4.79 Å². The second kappa shape index (κ2) is 4.40. The number of nitriles is 1. The average Bonchev–Trinajstić information content (AvgIpc) is 2.98. The van der Waals surface area contributed by atoms with E-state index in [1.54, 1.807) is 4.40 Å². The summed E-state index contributed by atoms with van der Waals surface area (Å²) in [6.07, 6.45) is 2.17. The molecule has 1 unspecified atom stereocenters. The van der Waals surface area contributed by atoms with Gasteiger partial charge in [-0.05, 0) is 0 Å². The van der Waals surface area contributed by atoms with Crippen LogP contribution in [-0.2, 0) is 4.74 Å². The summed E-state index contributed by atoms with van der Waals surface area (Å²) in [6, 6.07) is 2.08. The number of hydrogen-bond acceptors (Lipinski definition) is 6. The van der Waals surface area contributed by atoms with Crippen LogP contribution in [0.4, 0.5) is 5.82 Å². The van der Waals surface area contributed by atoms with Gasteiger partial charge in [0.2, 0.25) is 0 Å². The van der Waals surface area contributed by atoms with Crippen LogP contribution in [0.5, 0.6) is 0 Å². The first kappa shape index (κ1) is 11.2. The van der Waals surface area contributed by atoms with Gasteiger partial charge in [0.15, 0.2) is 23.2 Å². The Labute approximate surface area is 107 Å². The Morgan fingerprint density at radius 3 is 3.33 bits per heavy atom. The van der Waals surface area contributed by atoms with E-state index < -0.39 is 6.10 Å². The predicted molar refractivity (Wildman–Crippen MR) is 66.0 cm³/mol. The number of carbonyl (C=O) groups excluding carboxylic acids is 1. The zero-order chi connectivity index (χ0) is 12.5. The van der Waals surface area contributed by atoms with Gasteiger partial charge in [-0.1, -0.05) is 0 Å². The second-order valence-corrected chi connectivity index (χ2v) is 4.80. The van der Waals surface area contributed by atoms with Gasteiger partial charge in [0.05, 0.1) is 19.2 Å². The SMILES string of the molecule is N#CC1CN(c2nc3sccn3c2C=O)CCO1. The van der Waals surface area contributed by atoms with Gasteiger partial charge in [-0.15, -0.1) is 11.3 Å². The molecule has 1 fully saturated rings. The fraction of sp³-hybridized carbons (Fsp3) is 0.364. The first-order chi connectivity index (χ1) is 8.83. The van der Waals surface area contributed by atoms with Crippen molar-refractivity contribution in [2.24, 2.45) is 0 Å². The monoisotopic (exact) mass is 262 g/mol. The Morgan fingerprint density at radius 2 is 2.56 bits per heavy atom. The van der Waals surface area contributed by atoms with Gasteiger partial charge in [0.1, 0.15) is 5.69 Å². The maximum atomic E-state index is 11.2. The number of morpholine rings is 1. The third-order valence-corrected chi connectivity index (χ3v) is 3.66. The molecule has 0 N–H and O–H groups in total. The number of aldehydes is 1. The van der Waals surface area contributed by atoms with Crippen molar-refractivity contribution in [1.82, 2.24) is 9.38 Å². The molecule has 1 aliphatic rings. The molecule has 0 spiro atoms. The van der Waals surface area contributed by atoms with Gasteiger partial charge >= 0.3 is 0 Å². The van der Waals surface area contributed by atoms with Crippen molar-refractivity contribution < 1.29 is 9.53 Å². The number of rotatable bonds is 2. The van der Waals surface area contributed by atoms with Crippen LogP contribution >= 0.6 is 11.3 Å². The van der Waals surface area contributed by atoms with E-state index in [2.05, 4.69) is 11.1 Å². The van der Waals surface area contributed by atoms with Crippen LogP contribution in [0.3, 0.4) is 0 Å². The molecule has 6 nitrogen and oxygen atoms in total. The summed E-state index contributed by atoms with van der Waals surface area (Å²) in [5.41, 5.74) is 0.532. The van der Waals surface area contributed by atoms with Gasteiger partial charge in [-0.2, -0.15) is 5.26 Å². The molecule has 7 heteroatoms. The maximum Gasteiger partial charge on any atom is 0.196 e. The molecule has 0 saturated carbocycles. The number of hydrogen-bond donors (Lipinski definition) is 0. The normalized spacial score (nSPS) is 19.9. The first-order valence-electron chi connectivity index (χ1n) is 5.50.